The van der Waals surface area contributed by atoms with Crippen LogP contribution in [-0.2, 0) is 0 Å². The Balaban J connectivity index is 2.13. The van der Waals surface area contributed by atoms with Crippen molar-refractivity contribution in [3.63, 3.8) is 0 Å². The first-order chi connectivity index (χ1) is 8.20. The Bertz CT molecular complexity index is 397. The molecule has 0 fully saturated rings. The van der Waals surface area contributed by atoms with Crippen LogP contribution in [0, 0.1) is 5.82 Å². The van der Waals surface area contributed by atoms with Crippen molar-refractivity contribution in [1.82, 2.24) is 4.90 Å². The highest BCUT2D eigenvalue weighted by molar-refractivity contribution is 5.21. The zero-order valence-corrected chi connectivity index (χ0v) is 10.2. The zero-order valence-electron chi connectivity index (χ0n) is 10.2. The number of hydrogen-bond acceptors (Lipinski definition) is 2. The molecule has 0 saturated carbocycles. The van der Waals surface area contributed by atoms with Crippen LogP contribution in [0.1, 0.15) is 24.9 Å². The highest BCUT2D eigenvalue weighted by Gasteiger charge is 2.20. The van der Waals surface area contributed by atoms with Gasteiger partial charge in [-0.1, -0.05) is 23.8 Å². The second kappa shape index (κ2) is 5.43. The number of halogens is 1. The summed E-state index contributed by atoms with van der Waals surface area (Å²) in [5.74, 6) is -0.195. The number of benzene rings is 1. The number of hydrogen-bond donors (Lipinski definition) is 1. The SMILES string of the molecule is CC1=CCN(C(CN)c2ccc(F)cc2)CC1. The predicted molar refractivity (Wildman–Crippen MR) is 68.1 cm³/mol. The lowest BCUT2D eigenvalue weighted by Crippen LogP contribution is -2.36. The van der Waals surface area contributed by atoms with Crippen LogP contribution in [0.5, 0.6) is 0 Å². The lowest BCUT2D eigenvalue weighted by atomic mass is 10.0. The monoisotopic (exact) mass is 234 g/mol. The molecule has 1 heterocycles. The van der Waals surface area contributed by atoms with Crippen LogP contribution < -0.4 is 5.73 Å². The van der Waals surface area contributed by atoms with Gasteiger partial charge < -0.3 is 5.73 Å². The molecule has 1 aromatic rings. The van der Waals surface area contributed by atoms with Crippen molar-refractivity contribution in [2.24, 2.45) is 5.73 Å². The van der Waals surface area contributed by atoms with E-state index < -0.39 is 0 Å². The standard InChI is InChI=1S/C14H19FN2/c1-11-6-8-17(9-7-11)14(10-16)12-2-4-13(15)5-3-12/h2-6,14H,7-10,16H2,1H3. The molecule has 0 aliphatic carbocycles. The average Bonchev–Trinajstić information content (AvgIpc) is 2.35. The predicted octanol–water partition coefficient (Wildman–Crippen LogP) is 2.48. The zero-order chi connectivity index (χ0) is 12.3. The molecular weight excluding hydrogens is 215 g/mol. The van der Waals surface area contributed by atoms with Gasteiger partial charge in [0.05, 0.1) is 0 Å². The Morgan fingerprint density at radius 2 is 2.06 bits per heavy atom. The summed E-state index contributed by atoms with van der Waals surface area (Å²) in [5, 5.41) is 0. The van der Waals surface area contributed by atoms with Gasteiger partial charge in [0, 0.05) is 25.7 Å². The van der Waals surface area contributed by atoms with Crippen molar-refractivity contribution < 1.29 is 4.39 Å². The van der Waals surface area contributed by atoms with Crippen LogP contribution in [0.4, 0.5) is 4.39 Å². The molecule has 1 aliphatic heterocycles. The first-order valence-corrected chi connectivity index (χ1v) is 6.06. The molecule has 2 nitrogen and oxygen atoms in total. The Kier molecular flexibility index (Phi) is 3.92. The Morgan fingerprint density at radius 3 is 2.59 bits per heavy atom. The van der Waals surface area contributed by atoms with Crippen LogP contribution in [0.25, 0.3) is 0 Å². The Labute approximate surface area is 102 Å². The highest BCUT2D eigenvalue weighted by atomic mass is 19.1. The quantitative estimate of drug-likeness (QED) is 0.814. The molecule has 0 radical (unpaired) electrons. The maximum atomic E-state index is 12.9. The topological polar surface area (TPSA) is 29.3 Å². The van der Waals surface area contributed by atoms with Gasteiger partial charge in [-0.3, -0.25) is 4.90 Å². The Morgan fingerprint density at radius 1 is 1.35 bits per heavy atom. The van der Waals surface area contributed by atoms with Gasteiger partial charge >= 0.3 is 0 Å². The maximum Gasteiger partial charge on any atom is 0.123 e. The summed E-state index contributed by atoms with van der Waals surface area (Å²) in [4.78, 5) is 2.35. The minimum absolute atomic E-state index is 0.194. The molecule has 1 atom stereocenters. The van der Waals surface area contributed by atoms with Crippen LogP contribution in [0.15, 0.2) is 35.9 Å². The van der Waals surface area contributed by atoms with E-state index in [0.717, 1.165) is 25.1 Å². The molecule has 0 spiro atoms. The van der Waals surface area contributed by atoms with Gasteiger partial charge in [-0.15, -0.1) is 0 Å². The molecule has 1 unspecified atom stereocenters. The van der Waals surface area contributed by atoms with Gasteiger partial charge in [-0.25, -0.2) is 4.39 Å². The second-order valence-corrected chi connectivity index (χ2v) is 4.60. The van der Waals surface area contributed by atoms with Crippen molar-refractivity contribution in [1.29, 1.82) is 0 Å². The minimum Gasteiger partial charge on any atom is -0.329 e. The van der Waals surface area contributed by atoms with Gasteiger partial charge in [-0.2, -0.15) is 0 Å². The van der Waals surface area contributed by atoms with Gasteiger partial charge in [0.2, 0.25) is 0 Å². The fraction of sp³-hybridized carbons (Fsp3) is 0.429. The summed E-state index contributed by atoms with van der Waals surface area (Å²) in [6.07, 6.45) is 3.34. The second-order valence-electron chi connectivity index (χ2n) is 4.60. The van der Waals surface area contributed by atoms with Crippen molar-refractivity contribution in [2.45, 2.75) is 19.4 Å². The van der Waals surface area contributed by atoms with Crippen LogP contribution >= 0.6 is 0 Å². The molecule has 2 rings (SSSR count). The van der Waals surface area contributed by atoms with Crippen molar-refractivity contribution in [3.8, 4) is 0 Å². The summed E-state index contributed by atoms with van der Waals surface area (Å²) in [5.41, 5.74) is 8.39. The van der Waals surface area contributed by atoms with E-state index in [0.29, 0.717) is 6.54 Å². The maximum absolute atomic E-state index is 12.9. The fourth-order valence-corrected chi connectivity index (χ4v) is 2.25. The van der Waals surface area contributed by atoms with Crippen molar-refractivity contribution in [2.75, 3.05) is 19.6 Å². The fourth-order valence-electron chi connectivity index (χ4n) is 2.25. The van der Waals surface area contributed by atoms with E-state index in [9.17, 15) is 4.39 Å². The van der Waals surface area contributed by atoms with Crippen molar-refractivity contribution in [3.05, 3.63) is 47.3 Å². The summed E-state index contributed by atoms with van der Waals surface area (Å²) < 4.78 is 12.9. The summed E-state index contributed by atoms with van der Waals surface area (Å²) in [6.45, 7) is 4.69. The highest BCUT2D eigenvalue weighted by Crippen LogP contribution is 2.23. The molecular formula is C14H19FN2. The first kappa shape index (κ1) is 12.3. The molecule has 0 saturated heterocycles. The molecule has 2 N–H and O–H groups in total. The van der Waals surface area contributed by atoms with Crippen LogP contribution in [0.2, 0.25) is 0 Å². The van der Waals surface area contributed by atoms with Crippen molar-refractivity contribution >= 4 is 0 Å². The third-order valence-corrected chi connectivity index (χ3v) is 3.39. The third kappa shape index (κ3) is 2.93. The van der Waals surface area contributed by atoms with E-state index in [2.05, 4.69) is 17.9 Å². The molecule has 3 heteroatoms. The molecule has 0 amide bonds. The smallest absolute Gasteiger partial charge is 0.123 e. The largest absolute Gasteiger partial charge is 0.329 e. The number of nitrogens with zero attached hydrogens (tertiary/aromatic N) is 1. The van der Waals surface area contributed by atoms with Crippen LogP contribution in [0.3, 0.4) is 0 Å². The molecule has 17 heavy (non-hydrogen) atoms. The summed E-state index contributed by atoms with van der Waals surface area (Å²) in [7, 11) is 0. The molecule has 92 valence electrons. The third-order valence-electron chi connectivity index (χ3n) is 3.39. The average molecular weight is 234 g/mol. The van der Waals surface area contributed by atoms with E-state index in [1.807, 2.05) is 12.1 Å². The summed E-state index contributed by atoms with van der Waals surface area (Å²) in [6, 6.07) is 6.86. The molecule has 1 aliphatic rings. The molecule has 0 bridgehead atoms. The van der Waals surface area contributed by atoms with E-state index in [-0.39, 0.29) is 11.9 Å². The van der Waals surface area contributed by atoms with E-state index >= 15 is 0 Å². The van der Waals surface area contributed by atoms with Crippen LogP contribution in [-0.4, -0.2) is 24.5 Å². The van der Waals surface area contributed by atoms with Gasteiger partial charge in [0.15, 0.2) is 0 Å². The normalized spacial score (nSPS) is 18.9. The minimum atomic E-state index is -0.195. The van der Waals surface area contributed by atoms with E-state index in [1.165, 1.54) is 17.7 Å². The molecule has 0 aromatic heterocycles. The first-order valence-electron chi connectivity index (χ1n) is 6.06. The van der Waals surface area contributed by atoms with E-state index in [1.54, 1.807) is 0 Å². The lowest BCUT2D eigenvalue weighted by molar-refractivity contribution is 0.217. The van der Waals surface area contributed by atoms with E-state index in [4.69, 9.17) is 5.73 Å². The number of nitrogens with two attached hydrogens (primary N) is 1. The lowest BCUT2D eigenvalue weighted by Gasteiger charge is -2.33. The van der Waals surface area contributed by atoms with Gasteiger partial charge in [0.1, 0.15) is 5.82 Å². The molecule has 1 aromatic carbocycles. The summed E-state index contributed by atoms with van der Waals surface area (Å²) >= 11 is 0. The Hall–Kier alpha value is -1.19. The number of rotatable bonds is 3. The van der Waals surface area contributed by atoms with Gasteiger partial charge in [-0.05, 0) is 31.0 Å². The van der Waals surface area contributed by atoms with Gasteiger partial charge in [0.25, 0.3) is 0 Å².